The number of nitrogens with two attached hydrogens (primary N) is 1. The second-order valence-corrected chi connectivity index (χ2v) is 4.34. The third-order valence-electron chi connectivity index (χ3n) is 2.53. The Kier molecular flexibility index (Phi) is 3.72. The van der Waals surface area contributed by atoms with Crippen molar-refractivity contribution < 1.29 is 9.13 Å². The zero-order valence-corrected chi connectivity index (χ0v) is 10.7. The summed E-state index contributed by atoms with van der Waals surface area (Å²) >= 11 is 6.01. The first kappa shape index (κ1) is 12.7. The maximum absolute atomic E-state index is 13.2. The monoisotopic (exact) mass is 265 g/mol. The number of ether oxygens (including phenoxy) is 1. The van der Waals surface area contributed by atoms with Crippen LogP contribution in [0.15, 0.2) is 36.4 Å². The van der Waals surface area contributed by atoms with Crippen LogP contribution in [0.3, 0.4) is 0 Å². The van der Waals surface area contributed by atoms with Gasteiger partial charge in [0.05, 0.1) is 0 Å². The van der Waals surface area contributed by atoms with Crippen LogP contribution < -0.4 is 10.5 Å². The Morgan fingerprint density at radius 1 is 1.17 bits per heavy atom. The maximum atomic E-state index is 13.2. The van der Waals surface area contributed by atoms with E-state index >= 15 is 0 Å². The average Bonchev–Trinajstić information content (AvgIpc) is 2.30. The predicted molar refractivity (Wildman–Crippen MR) is 71.7 cm³/mol. The van der Waals surface area contributed by atoms with Gasteiger partial charge >= 0.3 is 0 Å². The van der Waals surface area contributed by atoms with Crippen molar-refractivity contribution in [2.24, 2.45) is 0 Å². The molecule has 0 atom stereocenters. The molecule has 0 radical (unpaired) electrons. The van der Waals surface area contributed by atoms with Crippen LogP contribution in [-0.4, -0.2) is 0 Å². The molecule has 0 amide bonds. The van der Waals surface area contributed by atoms with Crippen molar-refractivity contribution in [1.82, 2.24) is 0 Å². The Morgan fingerprint density at radius 2 is 1.94 bits per heavy atom. The van der Waals surface area contributed by atoms with Gasteiger partial charge in [0.2, 0.25) is 0 Å². The van der Waals surface area contributed by atoms with Crippen molar-refractivity contribution in [3.05, 3.63) is 52.8 Å². The molecule has 0 saturated heterocycles. The molecule has 0 fully saturated rings. The summed E-state index contributed by atoms with van der Waals surface area (Å²) in [7, 11) is 0. The molecule has 18 heavy (non-hydrogen) atoms. The molecule has 0 aromatic heterocycles. The largest absolute Gasteiger partial charge is 0.457 e. The van der Waals surface area contributed by atoms with Gasteiger partial charge in [0.25, 0.3) is 0 Å². The lowest BCUT2D eigenvalue weighted by molar-refractivity contribution is 0.476. The van der Waals surface area contributed by atoms with Crippen LogP contribution in [0.5, 0.6) is 11.5 Å². The summed E-state index contributed by atoms with van der Waals surface area (Å²) in [6.07, 6.45) is 0.807. The molecule has 2 aromatic carbocycles. The number of hydrogen-bond acceptors (Lipinski definition) is 2. The smallest absolute Gasteiger partial charge is 0.132 e. The van der Waals surface area contributed by atoms with E-state index in [0.29, 0.717) is 22.2 Å². The summed E-state index contributed by atoms with van der Waals surface area (Å²) in [4.78, 5) is 0. The van der Waals surface area contributed by atoms with Crippen LogP contribution in [0, 0.1) is 5.82 Å². The van der Waals surface area contributed by atoms with Crippen LogP contribution >= 0.6 is 11.6 Å². The van der Waals surface area contributed by atoms with Crippen LogP contribution in [0.4, 0.5) is 10.1 Å². The summed E-state index contributed by atoms with van der Waals surface area (Å²) in [6.45, 7) is 2.01. The van der Waals surface area contributed by atoms with Gasteiger partial charge in [0, 0.05) is 22.8 Å². The third-order valence-corrected chi connectivity index (χ3v) is 2.90. The van der Waals surface area contributed by atoms with E-state index in [0.717, 1.165) is 12.0 Å². The van der Waals surface area contributed by atoms with Crippen LogP contribution in [-0.2, 0) is 6.42 Å². The maximum Gasteiger partial charge on any atom is 0.132 e. The van der Waals surface area contributed by atoms with Crippen LogP contribution in [0.1, 0.15) is 12.5 Å². The molecule has 0 heterocycles. The molecule has 0 unspecified atom stereocenters. The van der Waals surface area contributed by atoms with Gasteiger partial charge in [-0.25, -0.2) is 4.39 Å². The summed E-state index contributed by atoms with van der Waals surface area (Å²) in [6, 6.07) is 9.44. The highest BCUT2D eigenvalue weighted by molar-refractivity contribution is 6.31. The Balaban J connectivity index is 2.28. The second kappa shape index (κ2) is 5.27. The van der Waals surface area contributed by atoms with Gasteiger partial charge < -0.3 is 10.5 Å². The fourth-order valence-electron chi connectivity index (χ4n) is 1.66. The van der Waals surface area contributed by atoms with Gasteiger partial charge in [-0.2, -0.15) is 0 Å². The normalized spacial score (nSPS) is 10.4. The Labute approximate surface area is 110 Å². The summed E-state index contributed by atoms with van der Waals surface area (Å²) in [5.41, 5.74) is 6.87. The Morgan fingerprint density at radius 3 is 2.61 bits per heavy atom. The van der Waals surface area contributed by atoms with Gasteiger partial charge in [-0.05, 0) is 36.2 Å². The van der Waals surface area contributed by atoms with E-state index in [4.69, 9.17) is 22.1 Å². The highest BCUT2D eigenvalue weighted by Crippen LogP contribution is 2.28. The number of halogens is 2. The minimum atomic E-state index is -0.422. The standard InChI is InChI=1S/C14H13ClFNO/c1-2-9-5-12(3-4-14(9)15)18-13-7-10(16)6-11(17)8-13/h3-8H,2,17H2,1H3. The molecule has 0 bridgehead atoms. The fraction of sp³-hybridized carbons (Fsp3) is 0.143. The van der Waals surface area contributed by atoms with E-state index in [-0.39, 0.29) is 0 Å². The predicted octanol–water partition coefficient (Wildman–Crippen LogP) is 4.42. The topological polar surface area (TPSA) is 35.2 Å². The quantitative estimate of drug-likeness (QED) is 0.834. The minimum absolute atomic E-state index is 0.328. The molecule has 0 aliphatic rings. The van der Waals surface area contributed by atoms with E-state index in [1.165, 1.54) is 12.1 Å². The van der Waals surface area contributed by atoms with Crippen LogP contribution in [0.25, 0.3) is 0 Å². The molecule has 2 nitrogen and oxygen atoms in total. The first-order valence-electron chi connectivity index (χ1n) is 5.61. The number of rotatable bonds is 3. The molecule has 0 spiro atoms. The number of hydrogen-bond donors (Lipinski definition) is 1. The molecular weight excluding hydrogens is 253 g/mol. The number of aryl methyl sites for hydroxylation is 1. The van der Waals surface area contributed by atoms with E-state index in [1.54, 1.807) is 18.2 Å². The number of anilines is 1. The molecular formula is C14H13ClFNO. The van der Waals surface area contributed by atoms with E-state index in [1.807, 2.05) is 13.0 Å². The lowest BCUT2D eigenvalue weighted by Gasteiger charge is -2.09. The SMILES string of the molecule is CCc1cc(Oc2cc(N)cc(F)c2)ccc1Cl. The van der Waals surface area contributed by atoms with Crippen molar-refractivity contribution in [2.75, 3.05) is 5.73 Å². The molecule has 0 aliphatic carbocycles. The number of benzene rings is 2. The number of nitrogen functional groups attached to an aromatic ring is 1. The minimum Gasteiger partial charge on any atom is -0.457 e. The molecule has 0 saturated carbocycles. The van der Waals surface area contributed by atoms with Crippen molar-refractivity contribution in [1.29, 1.82) is 0 Å². The van der Waals surface area contributed by atoms with Gasteiger partial charge in [0.1, 0.15) is 17.3 Å². The highest BCUT2D eigenvalue weighted by atomic mass is 35.5. The first-order valence-corrected chi connectivity index (χ1v) is 5.98. The van der Waals surface area contributed by atoms with Crippen molar-refractivity contribution in [2.45, 2.75) is 13.3 Å². The van der Waals surface area contributed by atoms with Gasteiger partial charge in [-0.1, -0.05) is 18.5 Å². The van der Waals surface area contributed by atoms with Crippen molar-refractivity contribution in [3.63, 3.8) is 0 Å². The average molecular weight is 266 g/mol. The zero-order chi connectivity index (χ0) is 13.1. The first-order chi connectivity index (χ1) is 8.58. The fourth-order valence-corrected chi connectivity index (χ4v) is 1.92. The lowest BCUT2D eigenvalue weighted by atomic mass is 10.1. The van der Waals surface area contributed by atoms with E-state index in [2.05, 4.69) is 0 Å². The molecule has 2 rings (SSSR count). The zero-order valence-electron chi connectivity index (χ0n) is 9.91. The Hall–Kier alpha value is -1.74. The lowest BCUT2D eigenvalue weighted by Crippen LogP contribution is -1.91. The van der Waals surface area contributed by atoms with E-state index in [9.17, 15) is 4.39 Å². The second-order valence-electron chi connectivity index (χ2n) is 3.93. The van der Waals surface area contributed by atoms with Crippen LogP contribution in [0.2, 0.25) is 5.02 Å². The molecule has 0 aliphatic heterocycles. The summed E-state index contributed by atoms with van der Waals surface area (Å²) in [5.74, 6) is 0.563. The summed E-state index contributed by atoms with van der Waals surface area (Å²) < 4.78 is 18.7. The molecule has 2 N–H and O–H groups in total. The van der Waals surface area contributed by atoms with Gasteiger partial charge in [0.15, 0.2) is 0 Å². The molecule has 2 aromatic rings. The molecule has 4 heteroatoms. The van der Waals surface area contributed by atoms with Crippen molar-refractivity contribution >= 4 is 17.3 Å². The van der Waals surface area contributed by atoms with Crippen molar-refractivity contribution in [3.8, 4) is 11.5 Å². The molecule has 94 valence electrons. The van der Waals surface area contributed by atoms with Gasteiger partial charge in [-0.3, -0.25) is 0 Å². The van der Waals surface area contributed by atoms with E-state index < -0.39 is 5.82 Å². The Bertz CT molecular complexity index is 551. The van der Waals surface area contributed by atoms with Gasteiger partial charge in [-0.15, -0.1) is 0 Å². The highest BCUT2D eigenvalue weighted by Gasteiger charge is 2.04. The third kappa shape index (κ3) is 2.93. The summed E-state index contributed by atoms with van der Waals surface area (Å²) in [5, 5.41) is 0.698.